The lowest BCUT2D eigenvalue weighted by molar-refractivity contribution is 0.0533. The van der Waals surface area contributed by atoms with E-state index in [1.807, 2.05) is 25.2 Å². The van der Waals surface area contributed by atoms with Crippen molar-refractivity contribution in [2.45, 2.75) is 39.5 Å². The van der Waals surface area contributed by atoms with Crippen molar-refractivity contribution in [3.8, 4) is 9.75 Å². The molecule has 0 aliphatic heterocycles. The number of esters is 1. The lowest BCUT2D eigenvalue weighted by atomic mass is 9.99. The molecule has 0 unspecified atom stereocenters. The minimum atomic E-state index is -0.310. The SMILES string of the molecule is CCOC(=O)c1sc(-c2cc3c(s2)CCCC3)c(C)c1N. The fourth-order valence-electron chi connectivity index (χ4n) is 2.71. The molecule has 1 aliphatic rings. The molecule has 0 fully saturated rings. The number of fused-ring (bicyclic) bond motifs is 1. The van der Waals surface area contributed by atoms with Crippen LogP contribution in [0.4, 0.5) is 5.69 Å². The predicted molar refractivity (Wildman–Crippen MR) is 89.4 cm³/mol. The lowest BCUT2D eigenvalue weighted by Crippen LogP contribution is -2.05. The number of nitrogen functional groups attached to an aromatic ring is 1. The summed E-state index contributed by atoms with van der Waals surface area (Å²) in [6.45, 7) is 4.17. The van der Waals surface area contributed by atoms with Gasteiger partial charge < -0.3 is 10.5 Å². The van der Waals surface area contributed by atoms with E-state index in [0.717, 1.165) is 10.4 Å². The Morgan fingerprint density at radius 2 is 2.10 bits per heavy atom. The van der Waals surface area contributed by atoms with E-state index in [1.54, 1.807) is 0 Å². The number of thiophene rings is 2. The van der Waals surface area contributed by atoms with Crippen molar-refractivity contribution in [3.63, 3.8) is 0 Å². The van der Waals surface area contributed by atoms with Crippen LogP contribution in [0.5, 0.6) is 0 Å². The molecule has 0 aromatic carbocycles. The minimum Gasteiger partial charge on any atom is -0.462 e. The standard InChI is InChI=1S/C16H19NO2S2/c1-3-19-16(18)15-13(17)9(2)14(21-15)12-8-10-6-4-5-7-11(10)20-12/h8H,3-7,17H2,1-2H3. The maximum absolute atomic E-state index is 12.0. The first-order chi connectivity index (χ1) is 10.1. The van der Waals surface area contributed by atoms with Crippen molar-refractivity contribution < 1.29 is 9.53 Å². The molecule has 0 saturated carbocycles. The van der Waals surface area contributed by atoms with Crippen LogP contribution in [0.3, 0.4) is 0 Å². The number of aryl methyl sites for hydroxylation is 2. The van der Waals surface area contributed by atoms with Crippen molar-refractivity contribution in [1.29, 1.82) is 0 Å². The quantitative estimate of drug-likeness (QED) is 0.851. The molecule has 0 amide bonds. The molecule has 112 valence electrons. The number of rotatable bonds is 3. The van der Waals surface area contributed by atoms with Gasteiger partial charge in [-0.3, -0.25) is 0 Å². The summed E-state index contributed by atoms with van der Waals surface area (Å²) in [5.41, 5.74) is 9.16. The van der Waals surface area contributed by atoms with Crippen LogP contribution in [0.2, 0.25) is 0 Å². The third kappa shape index (κ3) is 2.60. The predicted octanol–water partition coefficient (Wildman–Crippen LogP) is 4.42. The van der Waals surface area contributed by atoms with Gasteiger partial charge in [0.15, 0.2) is 0 Å². The number of ether oxygens (including phenoxy) is 1. The number of carbonyl (C=O) groups is 1. The summed E-state index contributed by atoms with van der Waals surface area (Å²) in [4.78, 5) is 16.4. The number of hydrogen-bond donors (Lipinski definition) is 1. The second-order valence-corrected chi connectivity index (χ2v) is 7.44. The van der Waals surface area contributed by atoms with E-state index in [-0.39, 0.29) is 5.97 Å². The summed E-state index contributed by atoms with van der Waals surface area (Å²) >= 11 is 3.31. The van der Waals surface area contributed by atoms with Gasteiger partial charge in [0.25, 0.3) is 0 Å². The third-order valence-electron chi connectivity index (χ3n) is 3.87. The zero-order chi connectivity index (χ0) is 15.0. The molecular weight excluding hydrogens is 302 g/mol. The highest BCUT2D eigenvalue weighted by Crippen LogP contribution is 2.43. The van der Waals surface area contributed by atoms with E-state index in [0.29, 0.717) is 17.2 Å². The second-order valence-electron chi connectivity index (χ2n) is 5.29. The second kappa shape index (κ2) is 5.81. The van der Waals surface area contributed by atoms with E-state index >= 15 is 0 Å². The molecule has 0 radical (unpaired) electrons. The number of carbonyl (C=O) groups excluding carboxylic acids is 1. The third-order valence-corrected chi connectivity index (χ3v) is 6.58. The van der Waals surface area contributed by atoms with Gasteiger partial charge >= 0.3 is 5.97 Å². The van der Waals surface area contributed by atoms with Gasteiger partial charge in [0.2, 0.25) is 0 Å². The molecule has 2 N–H and O–H groups in total. The summed E-state index contributed by atoms with van der Waals surface area (Å²) in [7, 11) is 0. The average Bonchev–Trinajstić information content (AvgIpc) is 3.02. The summed E-state index contributed by atoms with van der Waals surface area (Å²) in [5, 5.41) is 0. The monoisotopic (exact) mass is 321 g/mol. The van der Waals surface area contributed by atoms with Crippen LogP contribution >= 0.6 is 22.7 Å². The van der Waals surface area contributed by atoms with Crippen molar-refractivity contribution in [1.82, 2.24) is 0 Å². The minimum absolute atomic E-state index is 0.310. The Hall–Kier alpha value is -1.33. The molecule has 3 nitrogen and oxygen atoms in total. The van der Waals surface area contributed by atoms with Crippen molar-refractivity contribution >= 4 is 34.3 Å². The highest BCUT2D eigenvalue weighted by atomic mass is 32.1. The van der Waals surface area contributed by atoms with Gasteiger partial charge in [-0.25, -0.2) is 4.79 Å². The van der Waals surface area contributed by atoms with Crippen LogP contribution < -0.4 is 5.73 Å². The Balaban J connectivity index is 2.01. The van der Waals surface area contributed by atoms with Crippen LogP contribution in [0.1, 0.15) is 45.4 Å². The summed E-state index contributed by atoms with van der Waals surface area (Å²) in [5.74, 6) is -0.310. The molecule has 3 rings (SSSR count). The smallest absolute Gasteiger partial charge is 0.350 e. The van der Waals surface area contributed by atoms with Crippen molar-refractivity contribution in [2.75, 3.05) is 12.3 Å². The molecule has 0 spiro atoms. The number of nitrogens with two attached hydrogens (primary N) is 1. The van der Waals surface area contributed by atoms with Gasteiger partial charge in [-0.2, -0.15) is 0 Å². The maximum atomic E-state index is 12.0. The van der Waals surface area contributed by atoms with Gasteiger partial charge in [0, 0.05) is 9.75 Å². The number of hydrogen-bond acceptors (Lipinski definition) is 5. The van der Waals surface area contributed by atoms with Crippen LogP contribution in [0.25, 0.3) is 9.75 Å². The molecule has 2 aromatic heterocycles. The maximum Gasteiger partial charge on any atom is 0.350 e. The van der Waals surface area contributed by atoms with E-state index in [4.69, 9.17) is 10.5 Å². The Morgan fingerprint density at radius 1 is 1.33 bits per heavy atom. The molecule has 2 aromatic rings. The topological polar surface area (TPSA) is 52.3 Å². The van der Waals surface area contributed by atoms with Crippen LogP contribution in [-0.2, 0) is 17.6 Å². The molecule has 0 saturated heterocycles. The van der Waals surface area contributed by atoms with E-state index < -0.39 is 0 Å². The van der Waals surface area contributed by atoms with Gasteiger partial charge in [0.1, 0.15) is 4.88 Å². The van der Waals surface area contributed by atoms with Crippen LogP contribution in [0, 0.1) is 6.92 Å². The fourth-order valence-corrected chi connectivity index (χ4v) is 5.25. The van der Waals surface area contributed by atoms with Gasteiger partial charge in [-0.05, 0) is 56.7 Å². The first-order valence-electron chi connectivity index (χ1n) is 7.29. The lowest BCUT2D eigenvalue weighted by Gasteiger charge is -2.08. The molecule has 5 heteroatoms. The van der Waals surface area contributed by atoms with Gasteiger partial charge in [-0.15, -0.1) is 22.7 Å². The zero-order valence-corrected chi connectivity index (χ0v) is 14.0. The van der Waals surface area contributed by atoms with Crippen LogP contribution in [0.15, 0.2) is 6.07 Å². The highest BCUT2D eigenvalue weighted by Gasteiger charge is 2.22. The highest BCUT2D eigenvalue weighted by molar-refractivity contribution is 7.23. The van der Waals surface area contributed by atoms with Gasteiger partial charge in [0.05, 0.1) is 17.2 Å². The van der Waals surface area contributed by atoms with E-state index in [9.17, 15) is 4.79 Å². The Labute approximate surface area is 132 Å². The van der Waals surface area contributed by atoms with Crippen LogP contribution in [-0.4, -0.2) is 12.6 Å². The number of anilines is 1. The first kappa shape index (κ1) is 14.6. The summed E-state index contributed by atoms with van der Waals surface area (Å²) in [6.07, 6.45) is 4.93. The van der Waals surface area contributed by atoms with Crippen molar-refractivity contribution in [3.05, 3.63) is 26.9 Å². The molecule has 0 bridgehead atoms. The molecule has 1 aliphatic carbocycles. The molecule has 21 heavy (non-hydrogen) atoms. The normalized spacial score (nSPS) is 14.0. The Kier molecular flexibility index (Phi) is 4.04. The average molecular weight is 321 g/mol. The van der Waals surface area contributed by atoms with Gasteiger partial charge in [-0.1, -0.05) is 0 Å². The summed E-state index contributed by atoms with van der Waals surface area (Å²) < 4.78 is 5.09. The Morgan fingerprint density at radius 3 is 2.81 bits per heavy atom. The summed E-state index contributed by atoms with van der Waals surface area (Å²) in [6, 6.07) is 2.28. The zero-order valence-electron chi connectivity index (χ0n) is 12.3. The van der Waals surface area contributed by atoms with E-state index in [2.05, 4.69) is 6.07 Å². The molecular formula is C16H19NO2S2. The molecule has 2 heterocycles. The fraction of sp³-hybridized carbons (Fsp3) is 0.438. The Bertz CT molecular complexity index is 661. The first-order valence-corrected chi connectivity index (χ1v) is 8.93. The molecule has 0 atom stereocenters. The largest absolute Gasteiger partial charge is 0.462 e. The van der Waals surface area contributed by atoms with Crippen molar-refractivity contribution in [2.24, 2.45) is 0 Å². The van der Waals surface area contributed by atoms with E-state index in [1.165, 1.54) is 52.3 Å².